The predicted molar refractivity (Wildman–Crippen MR) is 74.2 cm³/mol. The zero-order valence-corrected chi connectivity index (χ0v) is 11.5. The third-order valence-corrected chi connectivity index (χ3v) is 3.56. The van der Waals surface area contributed by atoms with E-state index >= 15 is 0 Å². The summed E-state index contributed by atoms with van der Waals surface area (Å²) in [7, 11) is 1.97. The topological polar surface area (TPSA) is 36.9 Å². The van der Waals surface area contributed by atoms with Crippen LogP contribution in [0.4, 0.5) is 10.3 Å². The molecule has 3 rings (SSSR count). The lowest BCUT2D eigenvalue weighted by molar-refractivity contribution is 0.626. The van der Waals surface area contributed by atoms with Crippen LogP contribution in [0, 0.1) is 10.6 Å². The van der Waals surface area contributed by atoms with Gasteiger partial charge in [0.05, 0.1) is 0 Å². The van der Waals surface area contributed by atoms with E-state index < -0.39 is 0 Å². The summed E-state index contributed by atoms with van der Waals surface area (Å²) in [6.45, 7) is 0.673. The molecule has 100 valence electrons. The van der Waals surface area contributed by atoms with Crippen molar-refractivity contribution in [3.63, 3.8) is 0 Å². The van der Waals surface area contributed by atoms with Crippen LogP contribution in [-0.2, 0) is 6.54 Å². The Morgan fingerprint density at radius 1 is 1.42 bits per heavy atom. The van der Waals surface area contributed by atoms with E-state index in [9.17, 15) is 4.39 Å². The standard InChI is InChI=1S/C13H15FN4S/c1-17(8-9-2-4-10(14)5-3-9)12-15-16-13(19)18(12)11-6-7-11/h2-5,11H,6-8H2,1H3,(H,16,19). The lowest BCUT2D eigenvalue weighted by atomic mass is 10.2. The molecule has 1 aliphatic carbocycles. The number of rotatable bonds is 4. The zero-order valence-electron chi connectivity index (χ0n) is 10.6. The Morgan fingerprint density at radius 2 is 2.11 bits per heavy atom. The summed E-state index contributed by atoms with van der Waals surface area (Å²) >= 11 is 5.26. The van der Waals surface area contributed by atoms with Crippen LogP contribution in [0.15, 0.2) is 24.3 Å². The summed E-state index contributed by atoms with van der Waals surface area (Å²) in [5.41, 5.74) is 1.04. The number of aromatic amines is 1. The van der Waals surface area contributed by atoms with Crippen LogP contribution in [0.1, 0.15) is 24.4 Å². The first kappa shape index (κ1) is 12.3. The number of benzene rings is 1. The summed E-state index contributed by atoms with van der Waals surface area (Å²) in [6.07, 6.45) is 2.32. The van der Waals surface area contributed by atoms with Gasteiger partial charge in [0, 0.05) is 19.6 Å². The second-order valence-electron chi connectivity index (χ2n) is 4.91. The fraction of sp³-hybridized carbons (Fsp3) is 0.385. The average Bonchev–Trinajstić information content (AvgIpc) is 3.15. The lowest BCUT2D eigenvalue weighted by Gasteiger charge is -2.18. The van der Waals surface area contributed by atoms with Crippen molar-refractivity contribution in [2.45, 2.75) is 25.4 Å². The minimum atomic E-state index is -0.216. The van der Waals surface area contributed by atoms with E-state index in [-0.39, 0.29) is 5.82 Å². The fourth-order valence-corrected chi connectivity index (χ4v) is 2.44. The largest absolute Gasteiger partial charge is 0.340 e. The molecule has 1 aliphatic rings. The van der Waals surface area contributed by atoms with Crippen LogP contribution >= 0.6 is 12.2 Å². The number of aromatic nitrogens is 3. The number of hydrogen-bond acceptors (Lipinski definition) is 3. The molecule has 0 atom stereocenters. The van der Waals surface area contributed by atoms with Crippen LogP contribution in [0.3, 0.4) is 0 Å². The van der Waals surface area contributed by atoms with Crippen LogP contribution in [0.25, 0.3) is 0 Å². The summed E-state index contributed by atoms with van der Waals surface area (Å²) in [6, 6.07) is 7.00. The zero-order chi connectivity index (χ0) is 13.4. The molecule has 1 heterocycles. The summed E-state index contributed by atoms with van der Waals surface area (Å²) in [4.78, 5) is 2.03. The molecule has 0 saturated heterocycles. The van der Waals surface area contributed by atoms with E-state index in [0.717, 1.165) is 24.4 Å². The van der Waals surface area contributed by atoms with Crippen LogP contribution in [0.2, 0.25) is 0 Å². The van der Waals surface area contributed by atoms with Gasteiger partial charge in [-0.3, -0.25) is 4.57 Å². The highest BCUT2D eigenvalue weighted by atomic mass is 32.1. The molecule has 1 aromatic heterocycles. The van der Waals surface area contributed by atoms with Gasteiger partial charge in [0.15, 0.2) is 4.77 Å². The van der Waals surface area contributed by atoms with Crippen molar-refractivity contribution in [2.24, 2.45) is 0 Å². The van der Waals surface area contributed by atoms with Crippen molar-refractivity contribution in [1.29, 1.82) is 0 Å². The highest BCUT2D eigenvalue weighted by molar-refractivity contribution is 7.71. The van der Waals surface area contributed by atoms with E-state index in [4.69, 9.17) is 12.2 Å². The van der Waals surface area contributed by atoms with Gasteiger partial charge in [-0.25, -0.2) is 9.49 Å². The molecule has 0 spiro atoms. The summed E-state index contributed by atoms with van der Waals surface area (Å²) < 4.78 is 15.6. The Balaban J connectivity index is 1.82. The molecule has 0 radical (unpaired) electrons. The van der Waals surface area contributed by atoms with E-state index in [1.54, 1.807) is 12.1 Å². The van der Waals surface area contributed by atoms with Gasteiger partial charge >= 0.3 is 0 Å². The second-order valence-corrected chi connectivity index (χ2v) is 5.30. The average molecular weight is 278 g/mol. The highest BCUT2D eigenvalue weighted by Crippen LogP contribution is 2.37. The fourth-order valence-electron chi connectivity index (χ4n) is 2.16. The van der Waals surface area contributed by atoms with Gasteiger partial charge < -0.3 is 4.90 Å². The maximum Gasteiger partial charge on any atom is 0.226 e. The number of hydrogen-bond donors (Lipinski definition) is 1. The smallest absolute Gasteiger partial charge is 0.226 e. The molecule has 0 amide bonds. The molecule has 2 aromatic rings. The Morgan fingerprint density at radius 3 is 2.74 bits per heavy atom. The highest BCUT2D eigenvalue weighted by Gasteiger charge is 2.28. The van der Waals surface area contributed by atoms with Gasteiger partial charge in [0.25, 0.3) is 0 Å². The molecule has 1 fully saturated rings. The monoisotopic (exact) mass is 278 g/mol. The number of nitrogens with one attached hydrogen (secondary N) is 1. The molecule has 1 saturated carbocycles. The van der Waals surface area contributed by atoms with E-state index in [2.05, 4.69) is 14.8 Å². The molecule has 1 N–H and O–H groups in total. The molecular formula is C13H15FN4S. The van der Waals surface area contributed by atoms with Gasteiger partial charge in [-0.15, -0.1) is 5.10 Å². The van der Waals surface area contributed by atoms with Crippen LogP contribution in [-0.4, -0.2) is 21.8 Å². The van der Waals surface area contributed by atoms with Gasteiger partial charge in [-0.1, -0.05) is 12.1 Å². The normalized spacial score (nSPS) is 14.6. The SMILES string of the molecule is CN(Cc1ccc(F)cc1)c1n[nH]c(=S)n1C1CC1. The molecule has 19 heavy (non-hydrogen) atoms. The van der Waals surface area contributed by atoms with Crippen LogP contribution < -0.4 is 4.90 Å². The van der Waals surface area contributed by atoms with Gasteiger partial charge in [-0.2, -0.15) is 0 Å². The second kappa shape index (κ2) is 4.77. The molecule has 0 unspecified atom stereocenters. The van der Waals surface area contributed by atoms with E-state index in [1.807, 2.05) is 11.9 Å². The lowest BCUT2D eigenvalue weighted by Crippen LogP contribution is -2.20. The predicted octanol–water partition coefficient (Wildman–Crippen LogP) is 3.05. The quantitative estimate of drug-likeness (QED) is 0.873. The van der Waals surface area contributed by atoms with Crippen molar-refractivity contribution in [2.75, 3.05) is 11.9 Å². The summed E-state index contributed by atoms with van der Waals surface area (Å²) in [5, 5.41) is 7.14. The van der Waals surface area contributed by atoms with E-state index in [1.165, 1.54) is 12.1 Å². The van der Waals surface area contributed by atoms with Crippen molar-refractivity contribution in [3.05, 3.63) is 40.4 Å². The van der Waals surface area contributed by atoms with Gasteiger partial charge in [-0.05, 0) is 42.8 Å². The maximum absolute atomic E-state index is 12.9. The molecule has 0 aliphatic heterocycles. The maximum atomic E-state index is 12.9. The molecule has 6 heteroatoms. The summed E-state index contributed by atoms with van der Waals surface area (Å²) in [5.74, 6) is 0.629. The Labute approximate surface area is 115 Å². The third-order valence-electron chi connectivity index (χ3n) is 3.27. The van der Waals surface area contributed by atoms with Gasteiger partial charge in [0.2, 0.25) is 5.95 Å². The molecule has 0 bridgehead atoms. The van der Waals surface area contributed by atoms with Crippen molar-refractivity contribution in [1.82, 2.24) is 14.8 Å². The Kier molecular flexibility index (Phi) is 3.10. The van der Waals surface area contributed by atoms with Crippen molar-refractivity contribution < 1.29 is 4.39 Å². The van der Waals surface area contributed by atoms with Gasteiger partial charge in [0.1, 0.15) is 5.82 Å². The first-order chi connectivity index (χ1) is 9.15. The number of nitrogens with zero attached hydrogens (tertiary/aromatic N) is 3. The minimum Gasteiger partial charge on any atom is -0.340 e. The minimum absolute atomic E-state index is 0.216. The molecule has 4 nitrogen and oxygen atoms in total. The Hall–Kier alpha value is -1.69. The van der Waals surface area contributed by atoms with Crippen molar-refractivity contribution in [3.8, 4) is 0 Å². The Bertz CT molecular complexity index is 627. The molecule has 1 aromatic carbocycles. The van der Waals surface area contributed by atoms with E-state index in [0.29, 0.717) is 17.4 Å². The number of H-pyrrole nitrogens is 1. The van der Waals surface area contributed by atoms with Crippen molar-refractivity contribution >= 4 is 18.2 Å². The number of halogens is 1. The number of anilines is 1. The third kappa shape index (κ3) is 2.53. The first-order valence-corrected chi connectivity index (χ1v) is 6.68. The molecular weight excluding hydrogens is 263 g/mol. The first-order valence-electron chi connectivity index (χ1n) is 6.27. The van der Waals surface area contributed by atoms with Crippen LogP contribution in [0.5, 0.6) is 0 Å².